The first-order chi connectivity index (χ1) is 6.99. The van der Waals surface area contributed by atoms with Crippen LogP contribution in [0.25, 0.3) is 0 Å². The molecule has 0 saturated carbocycles. The van der Waals surface area contributed by atoms with E-state index in [4.69, 9.17) is 35.0 Å². The van der Waals surface area contributed by atoms with Crippen LogP contribution in [-0.4, -0.2) is 11.1 Å². The normalized spacial score (nSPS) is 9.47. The monoisotopic (exact) mass is 242 g/mol. The minimum Gasteiger partial charge on any atom is -0.370 e. The number of nitrogens with two attached hydrogens (primary N) is 1. The first-order valence-corrected chi connectivity index (χ1v) is 4.96. The molecule has 6 heteroatoms. The van der Waals surface area contributed by atoms with Gasteiger partial charge in [0.2, 0.25) is 0 Å². The van der Waals surface area contributed by atoms with Crippen LogP contribution in [0.4, 0.5) is 5.69 Å². The number of anilines is 1. The molecule has 0 radical (unpaired) electrons. The van der Waals surface area contributed by atoms with Gasteiger partial charge in [-0.1, -0.05) is 17.7 Å². The van der Waals surface area contributed by atoms with Crippen LogP contribution < -0.4 is 16.4 Å². The lowest BCUT2D eigenvalue weighted by atomic mass is 10.2. The second-order valence-corrected chi connectivity index (χ2v) is 3.80. The summed E-state index contributed by atoms with van der Waals surface area (Å²) < 4.78 is 0. The van der Waals surface area contributed by atoms with Crippen LogP contribution in [0.15, 0.2) is 18.2 Å². The molecule has 5 N–H and O–H groups in total. The van der Waals surface area contributed by atoms with Gasteiger partial charge in [0.1, 0.15) is 0 Å². The zero-order chi connectivity index (χ0) is 11.4. The highest BCUT2D eigenvalue weighted by Crippen LogP contribution is 2.19. The van der Waals surface area contributed by atoms with Gasteiger partial charge >= 0.3 is 0 Å². The highest BCUT2D eigenvalue weighted by Gasteiger charge is 2.02. The Morgan fingerprint density at radius 1 is 1.53 bits per heavy atom. The van der Waals surface area contributed by atoms with E-state index in [1.54, 1.807) is 12.1 Å². The second-order valence-electron chi connectivity index (χ2n) is 2.95. The van der Waals surface area contributed by atoms with E-state index in [0.717, 1.165) is 11.3 Å². The molecule has 0 spiro atoms. The van der Waals surface area contributed by atoms with Crippen molar-refractivity contribution in [2.75, 3.05) is 5.32 Å². The molecule has 0 unspecified atom stereocenters. The number of thiocarbonyl (C=S) groups is 1. The average Bonchev–Trinajstić information content (AvgIpc) is 2.10. The lowest BCUT2D eigenvalue weighted by Gasteiger charge is -2.11. The van der Waals surface area contributed by atoms with Crippen molar-refractivity contribution in [3.05, 3.63) is 28.8 Å². The Bertz CT molecular complexity index is 405. The first kappa shape index (κ1) is 11.7. The maximum Gasteiger partial charge on any atom is 0.192 e. The lowest BCUT2D eigenvalue weighted by molar-refractivity contribution is 1.25. The molecular weight excluding hydrogens is 232 g/mol. The molecule has 15 heavy (non-hydrogen) atoms. The third-order valence-corrected chi connectivity index (χ3v) is 2.14. The predicted molar refractivity (Wildman–Crippen MR) is 67.5 cm³/mol. The third kappa shape index (κ3) is 3.73. The third-order valence-electron chi connectivity index (χ3n) is 1.70. The molecule has 4 nitrogen and oxygen atoms in total. The summed E-state index contributed by atoms with van der Waals surface area (Å²) in [6.07, 6.45) is 0. The van der Waals surface area contributed by atoms with Crippen LogP contribution in [0.1, 0.15) is 5.56 Å². The fourth-order valence-electron chi connectivity index (χ4n) is 1.00. The van der Waals surface area contributed by atoms with Crippen molar-refractivity contribution < 1.29 is 0 Å². The van der Waals surface area contributed by atoms with Crippen molar-refractivity contribution in [1.82, 2.24) is 5.32 Å². The summed E-state index contributed by atoms with van der Waals surface area (Å²) in [5, 5.41) is 13.3. The molecule has 80 valence electrons. The standard InChI is InChI=1S/C9H11ClN4S/c1-5-2-3-6(10)4-7(5)13-9(15)14-8(11)12/h2-4H,1H3,(H5,11,12,13,14,15). The number of rotatable bonds is 1. The summed E-state index contributed by atoms with van der Waals surface area (Å²) >= 11 is 10.8. The van der Waals surface area contributed by atoms with Gasteiger partial charge in [-0.3, -0.25) is 5.41 Å². The van der Waals surface area contributed by atoms with Crippen LogP contribution in [-0.2, 0) is 0 Å². The summed E-state index contributed by atoms with van der Waals surface area (Å²) in [5.74, 6) is -0.202. The van der Waals surface area contributed by atoms with Gasteiger partial charge in [0.05, 0.1) is 0 Å². The van der Waals surface area contributed by atoms with Gasteiger partial charge in [-0.25, -0.2) is 0 Å². The molecule has 0 aliphatic rings. The number of halogens is 1. The zero-order valence-electron chi connectivity index (χ0n) is 8.10. The Balaban J connectivity index is 2.76. The summed E-state index contributed by atoms with van der Waals surface area (Å²) in [4.78, 5) is 0. The maximum absolute atomic E-state index is 7.00. The van der Waals surface area contributed by atoms with Crippen molar-refractivity contribution in [2.45, 2.75) is 6.92 Å². The number of nitrogens with one attached hydrogen (secondary N) is 3. The molecule has 0 amide bonds. The molecule has 1 aromatic carbocycles. The summed E-state index contributed by atoms with van der Waals surface area (Å²) in [6.45, 7) is 1.93. The van der Waals surface area contributed by atoms with Crippen LogP contribution in [0.5, 0.6) is 0 Å². The number of hydrogen-bond donors (Lipinski definition) is 4. The zero-order valence-corrected chi connectivity index (χ0v) is 9.67. The quantitative estimate of drug-likeness (QED) is 0.344. The van der Waals surface area contributed by atoms with Crippen molar-refractivity contribution in [2.24, 2.45) is 5.73 Å². The molecule has 0 saturated heterocycles. The highest BCUT2D eigenvalue weighted by molar-refractivity contribution is 7.80. The fourth-order valence-corrected chi connectivity index (χ4v) is 1.40. The molecule has 0 atom stereocenters. The van der Waals surface area contributed by atoms with Gasteiger partial charge < -0.3 is 16.4 Å². The summed E-state index contributed by atoms with van der Waals surface area (Å²) in [7, 11) is 0. The number of benzene rings is 1. The first-order valence-electron chi connectivity index (χ1n) is 4.17. The summed E-state index contributed by atoms with van der Waals surface area (Å²) in [6, 6.07) is 5.43. The molecule has 0 aliphatic heterocycles. The Morgan fingerprint density at radius 3 is 2.80 bits per heavy atom. The van der Waals surface area contributed by atoms with Crippen LogP contribution in [0, 0.1) is 12.3 Å². The van der Waals surface area contributed by atoms with Gasteiger partial charge in [-0.2, -0.15) is 0 Å². The number of guanidine groups is 1. The van der Waals surface area contributed by atoms with Gasteiger partial charge in [-0.05, 0) is 36.8 Å². The SMILES string of the molecule is Cc1ccc(Cl)cc1NC(=S)NC(=N)N. The number of aryl methyl sites for hydroxylation is 1. The van der Waals surface area contributed by atoms with Crippen molar-refractivity contribution >= 4 is 40.6 Å². The fraction of sp³-hybridized carbons (Fsp3) is 0.111. The average molecular weight is 243 g/mol. The molecule has 0 aliphatic carbocycles. The second kappa shape index (κ2) is 4.95. The van der Waals surface area contributed by atoms with Gasteiger partial charge in [0.15, 0.2) is 11.1 Å². The van der Waals surface area contributed by atoms with Gasteiger partial charge in [-0.15, -0.1) is 0 Å². The van der Waals surface area contributed by atoms with E-state index >= 15 is 0 Å². The molecular formula is C9H11ClN4S. The summed E-state index contributed by atoms with van der Waals surface area (Å²) in [5.41, 5.74) is 6.93. The van der Waals surface area contributed by atoms with Crippen LogP contribution in [0.3, 0.4) is 0 Å². The van der Waals surface area contributed by atoms with E-state index in [9.17, 15) is 0 Å². The Kier molecular flexibility index (Phi) is 3.88. The van der Waals surface area contributed by atoms with E-state index in [1.165, 1.54) is 0 Å². The van der Waals surface area contributed by atoms with Crippen LogP contribution in [0.2, 0.25) is 5.02 Å². The largest absolute Gasteiger partial charge is 0.370 e. The van der Waals surface area contributed by atoms with E-state index in [-0.39, 0.29) is 11.1 Å². The number of hydrogen-bond acceptors (Lipinski definition) is 2. The van der Waals surface area contributed by atoms with Crippen LogP contribution >= 0.6 is 23.8 Å². The molecule has 0 heterocycles. The smallest absolute Gasteiger partial charge is 0.192 e. The molecule has 1 aromatic rings. The van der Waals surface area contributed by atoms with Gasteiger partial charge in [0, 0.05) is 10.7 Å². The van der Waals surface area contributed by atoms with Gasteiger partial charge in [0.25, 0.3) is 0 Å². The lowest BCUT2D eigenvalue weighted by Crippen LogP contribution is -2.38. The molecule has 0 fully saturated rings. The Morgan fingerprint density at radius 2 is 2.20 bits per heavy atom. The molecule has 0 bridgehead atoms. The van der Waals surface area contributed by atoms with Crippen molar-refractivity contribution in [1.29, 1.82) is 5.41 Å². The molecule has 0 aromatic heterocycles. The van der Waals surface area contributed by atoms with E-state index in [0.29, 0.717) is 5.02 Å². The Hall–Kier alpha value is -1.33. The maximum atomic E-state index is 7.00. The minimum absolute atomic E-state index is 0.202. The topological polar surface area (TPSA) is 73.9 Å². The molecule has 1 rings (SSSR count). The van der Waals surface area contributed by atoms with E-state index < -0.39 is 0 Å². The van der Waals surface area contributed by atoms with E-state index in [2.05, 4.69) is 10.6 Å². The van der Waals surface area contributed by atoms with Crippen molar-refractivity contribution in [3.63, 3.8) is 0 Å². The highest BCUT2D eigenvalue weighted by atomic mass is 35.5. The Labute approximate surface area is 98.3 Å². The predicted octanol–water partition coefficient (Wildman–Crippen LogP) is 1.83. The van der Waals surface area contributed by atoms with E-state index in [1.807, 2.05) is 13.0 Å². The van der Waals surface area contributed by atoms with Crippen molar-refractivity contribution in [3.8, 4) is 0 Å². The minimum atomic E-state index is -0.202.